The van der Waals surface area contributed by atoms with Crippen LogP contribution in [0, 0.1) is 11.8 Å². The van der Waals surface area contributed by atoms with E-state index in [2.05, 4.69) is 41.5 Å². The number of carbonyl (C=O) groups is 4. The molecular formula is C81H158O17P2. The smallest absolute Gasteiger partial charge is 0.462 e. The number of phosphoric ester groups is 2. The lowest BCUT2D eigenvalue weighted by atomic mass is 10.0. The van der Waals surface area contributed by atoms with Gasteiger partial charge in [0, 0.05) is 25.7 Å². The third-order valence-corrected chi connectivity index (χ3v) is 20.9. The quantitative estimate of drug-likeness (QED) is 0.0222. The van der Waals surface area contributed by atoms with Crippen molar-refractivity contribution in [2.45, 2.75) is 445 Å². The normalized spacial score (nSPS) is 13.9. The number of unbranched alkanes of at least 4 members (excludes halogenated alkanes) is 50. The molecule has 0 aliphatic rings. The minimum atomic E-state index is -4.96. The Morgan fingerprint density at radius 3 is 0.680 bits per heavy atom. The second kappa shape index (κ2) is 72.6. The highest BCUT2D eigenvalue weighted by Crippen LogP contribution is 2.45. The summed E-state index contributed by atoms with van der Waals surface area (Å²) in [6.45, 7) is 9.66. The van der Waals surface area contributed by atoms with Gasteiger partial charge in [0.15, 0.2) is 12.2 Å². The Balaban J connectivity index is 5.17. The summed E-state index contributed by atoms with van der Waals surface area (Å²) in [5.41, 5.74) is 0. The van der Waals surface area contributed by atoms with Crippen LogP contribution in [0.15, 0.2) is 0 Å². The third kappa shape index (κ3) is 74.3. The van der Waals surface area contributed by atoms with Crippen molar-refractivity contribution in [1.29, 1.82) is 0 Å². The van der Waals surface area contributed by atoms with Gasteiger partial charge in [-0.2, -0.15) is 0 Å². The van der Waals surface area contributed by atoms with Gasteiger partial charge in [-0.1, -0.05) is 375 Å². The molecule has 0 radical (unpaired) electrons. The molecule has 0 aromatic heterocycles. The number of rotatable bonds is 80. The number of esters is 4. The molecule has 0 heterocycles. The molecule has 100 heavy (non-hydrogen) atoms. The minimum Gasteiger partial charge on any atom is -0.462 e. The predicted molar refractivity (Wildman–Crippen MR) is 409 cm³/mol. The van der Waals surface area contributed by atoms with Crippen LogP contribution in [0.25, 0.3) is 0 Å². The van der Waals surface area contributed by atoms with Gasteiger partial charge in [0.25, 0.3) is 0 Å². The fraction of sp³-hybridized carbons (Fsp3) is 0.951. The van der Waals surface area contributed by atoms with E-state index in [1.54, 1.807) is 0 Å². The van der Waals surface area contributed by atoms with E-state index in [0.29, 0.717) is 25.7 Å². The van der Waals surface area contributed by atoms with E-state index in [1.165, 1.54) is 231 Å². The average molecular weight is 1470 g/mol. The lowest BCUT2D eigenvalue weighted by Gasteiger charge is -2.21. The fourth-order valence-corrected chi connectivity index (χ4v) is 14.1. The van der Waals surface area contributed by atoms with Gasteiger partial charge >= 0.3 is 39.5 Å². The van der Waals surface area contributed by atoms with Gasteiger partial charge in [-0.25, -0.2) is 9.13 Å². The van der Waals surface area contributed by atoms with E-state index in [1.807, 2.05) is 0 Å². The molecule has 0 aliphatic carbocycles. The van der Waals surface area contributed by atoms with Gasteiger partial charge in [-0.3, -0.25) is 37.3 Å². The summed E-state index contributed by atoms with van der Waals surface area (Å²) in [6.07, 6.45) is 62.6. The zero-order chi connectivity index (χ0) is 73.5. The van der Waals surface area contributed by atoms with Crippen LogP contribution in [0.3, 0.4) is 0 Å². The topological polar surface area (TPSA) is 237 Å². The summed E-state index contributed by atoms with van der Waals surface area (Å²) in [5, 5.41) is 10.6. The molecule has 0 amide bonds. The largest absolute Gasteiger partial charge is 0.472 e. The summed E-state index contributed by atoms with van der Waals surface area (Å²) >= 11 is 0. The van der Waals surface area contributed by atoms with Crippen molar-refractivity contribution >= 4 is 39.5 Å². The highest BCUT2D eigenvalue weighted by Gasteiger charge is 2.30. The van der Waals surface area contributed by atoms with Crippen LogP contribution in [0.2, 0.25) is 0 Å². The van der Waals surface area contributed by atoms with Crippen LogP contribution in [-0.4, -0.2) is 96.7 Å². The van der Waals surface area contributed by atoms with Crippen molar-refractivity contribution in [1.82, 2.24) is 0 Å². The lowest BCUT2D eigenvalue weighted by molar-refractivity contribution is -0.161. The van der Waals surface area contributed by atoms with Crippen molar-refractivity contribution in [2.75, 3.05) is 39.6 Å². The molecule has 3 N–H and O–H groups in total. The Kier molecular flexibility index (Phi) is 71.2. The monoisotopic (exact) mass is 1470 g/mol. The molecule has 0 spiro atoms. The number of phosphoric acid groups is 2. The second-order valence-electron chi connectivity index (χ2n) is 30.1. The van der Waals surface area contributed by atoms with Gasteiger partial charge in [-0.05, 0) is 37.5 Å². The Bertz CT molecular complexity index is 1920. The van der Waals surface area contributed by atoms with Crippen LogP contribution in [0.4, 0.5) is 0 Å². The van der Waals surface area contributed by atoms with Crippen molar-refractivity contribution in [2.24, 2.45) is 11.8 Å². The van der Waals surface area contributed by atoms with E-state index in [4.69, 9.17) is 37.0 Å². The van der Waals surface area contributed by atoms with Gasteiger partial charge in [0.1, 0.15) is 19.3 Å². The number of hydrogen-bond acceptors (Lipinski definition) is 15. The first-order valence-corrected chi connectivity index (χ1v) is 45.0. The summed E-state index contributed by atoms with van der Waals surface area (Å²) < 4.78 is 68.6. The number of aliphatic hydroxyl groups is 1. The molecule has 0 rings (SSSR count). The minimum absolute atomic E-state index is 0.108. The van der Waals surface area contributed by atoms with E-state index >= 15 is 0 Å². The third-order valence-electron chi connectivity index (χ3n) is 19.0. The molecule has 17 nitrogen and oxygen atoms in total. The maximum Gasteiger partial charge on any atom is 0.472 e. The van der Waals surface area contributed by atoms with Gasteiger partial charge in [0.05, 0.1) is 26.4 Å². The summed E-state index contributed by atoms with van der Waals surface area (Å²) in [4.78, 5) is 72.9. The van der Waals surface area contributed by atoms with Gasteiger partial charge < -0.3 is 33.8 Å². The maximum atomic E-state index is 13.1. The van der Waals surface area contributed by atoms with Crippen LogP contribution >= 0.6 is 15.6 Å². The number of carbonyl (C=O) groups excluding carboxylic acids is 4. The average Bonchev–Trinajstić information content (AvgIpc) is 0.955. The van der Waals surface area contributed by atoms with Crippen LogP contribution in [0.1, 0.15) is 427 Å². The van der Waals surface area contributed by atoms with Gasteiger partial charge in [-0.15, -0.1) is 0 Å². The number of aliphatic hydroxyl groups excluding tert-OH is 1. The van der Waals surface area contributed by atoms with E-state index in [9.17, 15) is 43.2 Å². The maximum absolute atomic E-state index is 13.1. The van der Waals surface area contributed by atoms with Crippen molar-refractivity contribution < 1.29 is 80.2 Å². The standard InChI is InChI=1S/C81H158O17P2/c1-7-9-11-13-15-16-17-18-30-36-41-47-53-59-65-80(85)97-76(69-91-78(83)63-57-51-43-14-12-10-8-2)71-95-99(87,88)93-67-75(82)68-94-100(89,90)96-72-77(70-92-79(84)64-58-52-46-40-35-31-27-23-25-29-34-39-45-50-56-62-74(5)6)98-81(86)66-60-54-48-42-37-32-26-22-20-19-21-24-28-33-38-44-49-55-61-73(3)4/h73-77,82H,7-72H2,1-6H3,(H,87,88)(H,89,90)/t75-,76+,77+/m0/s1. The Morgan fingerprint density at radius 2 is 0.460 bits per heavy atom. The zero-order valence-corrected chi connectivity index (χ0v) is 67.3. The molecule has 0 fully saturated rings. The first-order valence-electron chi connectivity index (χ1n) is 42.0. The molecule has 5 atom stereocenters. The number of hydrogen-bond donors (Lipinski definition) is 3. The van der Waals surface area contributed by atoms with E-state index < -0.39 is 97.5 Å². The molecular weight excluding hydrogens is 1310 g/mol. The van der Waals surface area contributed by atoms with Crippen molar-refractivity contribution in [3.8, 4) is 0 Å². The lowest BCUT2D eigenvalue weighted by Crippen LogP contribution is -2.30. The SMILES string of the molecule is CCCCCCCCCCCCCCCCC(=O)O[C@H](COC(=O)CCCCCCCCC)COP(=O)(O)OC[C@H](O)COP(=O)(O)OC[C@@H](COC(=O)CCCCCCCCCCCCCCCCCC(C)C)OC(=O)CCCCCCCCCCCCCCCCCCCCC(C)C. The van der Waals surface area contributed by atoms with E-state index in [0.717, 1.165) is 115 Å². The highest BCUT2D eigenvalue weighted by molar-refractivity contribution is 7.47. The van der Waals surface area contributed by atoms with Crippen LogP contribution < -0.4 is 0 Å². The predicted octanol–water partition coefficient (Wildman–Crippen LogP) is 24.3. The van der Waals surface area contributed by atoms with Crippen molar-refractivity contribution in [3.63, 3.8) is 0 Å². The highest BCUT2D eigenvalue weighted by atomic mass is 31.2. The Morgan fingerprint density at radius 1 is 0.270 bits per heavy atom. The van der Waals surface area contributed by atoms with E-state index in [-0.39, 0.29) is 25.7 Å². The molecule has 0 aromatic rings. The zero-order valence-electron chi connectivity index (χ0n) is 65.5. The van der Waals surface area contributed by atoms with Gasteiger partial charge in [0.2, 0.25) is 0 Å². The summed E-state index contributed by atoms with van der Waals surface area (Å²) in [7, 11) is -9.91. The fourth-order valence-electron chi connectivity index (χ4n) is 12.5. The first kappa shape index (κ1) is 98.1. The number of ether oxygens (including phenoxy) is 4. The molecule has 0 bridgehead atoms. The molecule has 0 saturated carbocycles. The molecule has 0 saturated heterocycles. The first-order chi connectivity index (χ1) is 48.4. The van der Waals surface area contributed by atoms with Crippen molar-refractivity contribution in [3.05, 3.63) is 0 Å². The molecule has 0 aliphatic heterocycles. The molecule has 0 aromatic carbocycles. The summed E-state index contributed by atoms with van der Waals surface area (Å²) in [6, 6.07) is 0. The van der Waals surface area contributed by atoms with Crippen LogP contribution in [-0.2, 0) is 65.4 Å². The summed E-state index contributed by atoms with van der Waals surface area (Å²) in [5.74, 6) is -0.486. The Labute approximate surface area is 613 Å². The van der Waals surface area contributed by atoms with Crippen LogP contribution in [0.5, 0.6) is 0 Å². The Hall–Kier alpha value is -1.94. The molecule has 19 heteroatoms. The second-order valence-corrected chi connectivity index (χ2v) is 33.0. The molecule has 2 unspecified atom stereocenters. The molecule has 594 valence electrons.